The lowest BCUT2D eigenvalue weighted by molar-refractivity contribution is -0.118. The number of hydrogen-bond acceptors (Lipinski definition) is 4. The van der Waals surface area contributed by atoms with Gasteiger partial charge in [0.25, 0.3) is 5.91 Å². The molecule has 162 valence electrons. The topological polar surface area (TPSA) is 59.6 Å². The standard InChI is InChI=1S/C24H24Cl2N2O3/c1-3-30-22-12-17(14-27-19-10-6-18(25)7-11-19)21(26)13-23(22)31-15-24(29)28-20-8-4-16(2)5-9-20/h4-13,27H,3,14-15H2,1-2H3,(H,28,29). The minimum Gasteiger partial charge on any atom is -0.490 e. The highest BCUT2D eigenvalue weighted by atomic mass is 35.5. The number of amides is 1. The first-order valence-electron chi connectivity index (χ1n) is 9.88. The van der Waals surface area contributed by atoms with Crippen LogP contribution in [0.2, 0.25) is 10.0 Å². The van der Waals surface area contributed by atoms with Crippen LogP contribution in [0.15, 0.2) is 60.7 Å². The average molecular weight is 459 g/mol. The second kappa shape index (κ2) is 10.9. The number of hydrogen-bond donors (Lipinski definition) is 2. The van der Waals surface area contributed by atoms with Gasteiger partial charge in [-0.2, -0.15) is 0 Å². The van der Waals surface area contributed by atoms with Crippen LogP contribution in [0.1, 0.15) is 18.1 Å². The summed E-state index contributed by atoms with van der Waals surface area (Å²) in [7, 11) is 0. The van der Waals surface area contributed by atoms with Gasteiger partial charge in [-0.25, -0.2) is 0 Å². The van der Waals surface area contributed by atoms with Crippen LogP contribution in [-0.2, 0) is 11.3 Å². The second-order valence-corrected chi connectivity index (χ2v) is 7.73. The summed E-state index contributed by atoms with van der Waals surface area (Å²) in [6, 6.07) is 18.5. The Morgan fingerprint density at radius 2 is 1.55 bits per heavy atom. The molecule has 0 aliphatic rings. The molecule has 0 spiro atoms. The number of benzene rings is 3. The molecule has 0 heterocycles. The Balaban J connectivity index is 1.65. The minimum absolute atomic E-state index is 0.160. The van der Waals surface area contributed by atoms with E-state index in [9.17, 15) is 4.79 Å². The first-order chi connectivity index (χ1) is 14.9. The summed E-state index contributed by atoms with van der Waals surface area (Å²) in [5, 5.41) is 7.29. The first-order valence-corrected chi connectivity index (χ1v) is 10.6. The number of nitrogens with one attached hydrogen (secondary N) is 2. The molecule has 0 atom stereocenters. The Bertz CT molecular complexity index is 1020. The van der Waals surface area contributed by atoms with E-state index >= 15 is 0 Å². The Morgan fingerprint density at radius 1 is 0.903 bits per heavy atom. The Labute approximate surface area is 192 Å². The van der Waals surface area contributed by atoms with Crippen molar-refractivity contribution in [2.75, 3.05) is 23.8 Å². The lowest BCUT2D eigenvalue weighted by atomic mass is 10.2. The van der Waals surface area contributed by atoms with Gasteiger partial charge in [-0.15, -0.1) is 0 Å². The van der Waals surface area contributed by atoms with Crippen LogP contribution >= 0.6 is 23.2 Å². The number of ether oxygens (including phenoxy) is 2. The van der Waals surface area contributed by atoms with Crippen LogP contribution in [0.4, 0.5) is 11.4 Å². The van der Waals surface area contributed by atoms with E-state index < -0.39 is 0 Å². The summed E-state index contributed by atoms with van der Waals surface area (Å²) in [4.78, 5) is 12.2. The fourth-order valence-electron chi connectivity index (χ4n) is 2.84. The zero-order valence-corrected chi connectivity index (χ0v) is 18.9. The predicted octanol–water partition coefficient (Wildman–Crippen LogP) is 6.33. The molecule has 0 saturated carbocycles. The molecule has 0 aliphatic carbocycles. The zero-order valence-electron chi connectivity index (χ0n) is 17.4. The van der Waals surface area contributed by atoms with E-state index in [1.807, 2.05) is 68.4 Å². The highest BCUT2D eigenvalue weighted by Gasteiger charge is 2.13. The molecule has 2 N–H and O–H groups in total. The predicted molar refractivity (Wildman–Crippen MR) is 127 cm³/mol. The molecular weight excluding hydrogens is 435 g/mol. The summed E-state index contributed by atoms with van der Waals surface area (Å²) in [6.45, 7) is 4.66. The molecule has 3 aromatic carbocycles. The largest absolute Gasteiger partial charge is 0.490 e. The molecular formula is C24H24Cl2N2O3. The third kappa shape index (κ3) is 6.81. The highest BCUT2D eigenvalue weighted by molar-refractivity contribution is 6.31. The van der Waals surface area contributed by atoms with E-state index in [-0.39, 0.29) is 12.5 Å². The lowest BCUT2D eigenvalue weighted by Crippen LogP contribution is -2.20. The number of aryl methyl sites for hydroxylation is 1. The van der Waals surface area contributed by atoms with Gasteiger partial charge in [0, 0.05) is 34.0 Å². The van der Waals surface area contributed by atoms with E-state index in [2.05, 4.69) is 10.6 Å². The number of carbonyl (C=O) groups excluding carboxylic acids is 1. The van der Waals surface area contributed by atoms with Crippen LogP contribution in [-0.4, -0.2) is 19.1 Å². The molecule has 1 amide bonds. The Kier molecular flexibility index (Phi) is 8.04. The molecule has 3 aromatic rings. The van der Waals surface area contributed by atoms with Crippen molar-refractivity contribution in [3.63, 3.8) is 0 Å². The van der Waals surface area contributed by atoms with Crippen molar-refractivity contribution in [1.82, 2.24) is 0 Å². The molecule has 0 radical (unpaired) electrons. The van der Waals surface area contributed by atoms with Gasteiger partial charge < -0.3 is 20.1 Å². The van der Waals surface area contributed by atoms with Crippen molar-refractivity contribution in [3.8, 4) is 11.5 Å². The van der Waals surface area contributed by atoms with E-state index in [1.54, 1.807) is 6.07 Å². The van der Waals surface area contributed by atoms with E-state index in [0.29, 0.717) is 40.4 Å². The van der Waals surface area contributed by atoms with Crippen LogP contribution in [0.25, 0.3) is 0 Å². The van der Waals surface area contributed by atoms with Crippen LogP contribution in [0.5, 0.6) is 11.5 Å². The lowest BCUT2D eigenvalue weighted by Gasteiger charge is -2.15. The maximum absolute atomic E-state index is 12.2. The van der Waals surface area contributed by atoms with E-state index in [0.717, 1.165) is 16.8 Å². The summed E-state index contributed by atoms with van der Waals surface area (Å²) in [5.41, 5.74) is 3.60. The molecule has 3 rings (SSSR count). The van der Waals surface area contributed by atoms with Gasteiger partial charge in [0.2, 0.25) is 0 Å². The van der Waals surface area contributed by atoms with Crippen LogP contribution in [0, 0.1) is 6.92 Å². The molecule has 0 saturated heterocycles. The van der Waals surface area contributed by atoms with Gasteiger partial charge in [-0.1, -0.05) is 40.9 Å². The molecule has 0 unspecified atom stereocenters. The van der Waals surface area contributed by atoms with Crippen molar-refractivity contribution in [2.45, 2.75) is 20.4 Å². The average Bonchev–Trinajstić information content (AvgIpc) is 2.75. The SMILES string of the molecule is CCOc1cc(CNc2ccc(Cl)cc2)c(Cl)cc1OCC(=O)Nc1ccc(C)cc1. The molecule has 5 nitrogen and oxygen atoms in total. The number of carbonyl (C=O) groups is 1. The summed E-state index contributed by atoms with van der Waals surface area (Å²) in [6.07, 6.45) is 0. The molecule has 0 fully saturated rings. The van der Waals surface area contributed by atoms with Crippen LogP contribution < -0.4 is 20.1 Å². The fraction of sp³-hybridized carbons (Fsp3) is 0.208. The first kappa shape index (κ1) is 22.8. The molecule has 0 aliphatic heterocycles. The van der Waals surface area contributed by atoms with Gasteiger partial charge in [0.1, 0.15) is 0 Å². The smallest absolute Gasteiger partial charge is 0.262 e. The Hall–Kier alpha value is -2.89. The van der Waals surface area contributed by atoms with Gasteiger partial charge in [-0.3, -0.25) is 4.79 Å². The minimum atomic E-state index is -0.268. The van der Waals surface area contributed by atoms with Crippen molar-refractivity contribution >= 4 is 40.5 Å². The summed E-state index contributed by atoms with van der Waals surface area (Å²) in [5.74, 6) is 0.681. The number of anilines is 2. The number of rotatable bonds is 9. The fourth-order valence-corrected chi connectivity index (χ4v) is 3.18. The van der Waals surface area contributed by atoms with E-state index in [1.165, 1.54) is 0 Å². The highest BCUT2D eigenvalue weighted by Crippen LogP contribution is 2.34. The molecule has 7 heteroatoms. The van der Waals surface area contributed by atoms with Crippen molar-refractivity contribution in [2.24, 2.45) is 0 Å². The van der Waals surface area contributed by atoms with Gasteiger partial charge in [0.05, 0.1) is 6.61 Å². The third-order valence-corrected chi connectivity index (χ3v) is 5.04. The zero-order chi connectivity index (χ0) is 22.2. The third-order valence-electron chi connectivity index (χ3n) is 4.43. The van der Waals surface area contributed by atoms with Crippen molar-refractivity contribution in [3.05, 3.63) is 81.8 Å². The van der Waals surface area contributed by atoms with Gasteiger partial charge in [0.15, 0.2) is 18.1 Å². The van der Waals surface area contributed by atoms with Gasteiger partial charge >= 0.3 is 0 Å². The molecule has 0 bridgehead atoms. The number of halogens is 2. The maximum atomic E-state index is 12.2. The van der Waals surface area contributed by atoms with Crippen molar-refractivity contribution < 1.29 is 14.3 Å². The quantitative estimate of drug-likeness (QED) is 0.393. The summed E-state index contributed by atoms with van der Waals surface area (Å²) < 4.78 is 11.4. The molecule has 31 heavy (non-hydrogen) atoms. The molecule has 0 aromatic heterocycles. The van der Waals surface area contributed by atoms with Gasteiger partial charge in [-0.05, 0) is 61.9 Å². The maximum Gasteiger partial charge on any atom is 0.262 e. The Morgan fingerprint density at radius 3 is 2.23 bits per heavy atom. The van der Waals surface area contributed by atoms with Crippen molar-refractivity contribution in [1.29, 1.82) is 0 Å². The monoisotopic (exact) mass is 458 g/mol. The van der Waals surface area contributed by atoms with E-state index in [4.69, 9.17) is 32.7 Å². The van der Waals surface area contributed by atoms with Crippen LogP contribution in [0.3, 0.4) is 0 Å². The second-order valence-electron chi connectivity index (χ2n) is 6.89. The normalized spacial score (nSPS) is 10.5. The summed E-state index contributed by atoms with van der Waals surface area (Å²) >= 11 is 12.4.